The Morgan fingerprint density at radius 2 is 0.836 bits per heavy atom. The molecule has 0 spiro atoms. The van der Waals surface area contributed by atoms with E-state index >= 15 is 0 Å². The van der Waals surface area contributed by atoms with Crippen LogP contribution in [0, 0.1) is 0 Å². The van der Waals surface area contributed by atoms with Crippen LogP contribution in [-0.2, 0) is 0 Å². The van der Waals surface area contributed by atoms with Gasteiger partial charge in [-0.05, 0) is 123 Å². The molecule has 0 saturated carbocycles. The van der Waals surface area contributed by atoms with Crippen molar-refractivity contribution in [2.75, 3.05) is 4.90 Å². The van der Waals surface area contributed by atoms with Crippen LogP contribution < -0.4 is 4.90 Å². The van der Waals surface area contributed by atoms with Gasteiger partial charge in [-0.25, -0.2) is 0 Å². The first kappa shape index (κ1) is 35.2. The molecule has 0 radical (unpaired) electrons. The first-order valence-electron chi connectivity index (χ1n) is 20.7. The third-order valence-electron chi connectivity index (χ3n) is 12.1. The van der Waals surface area contributed by atoms with Gasteiger partial charge in [-0.2, -0.15) is 0 Å². The van der Waals surface area contributed by atoms with Crippen LogP contribution in [0.4, 0.5) is 17.1 Å². The molecule has 0 N–H and O–H groups in total. The van der Waals surface area contributed by atoms with Crippen LogP contribution in [0.1, 0.15) is 0 Å². The maximum absolute atomic E-state index is 6.50. The van der Waals surface area contributed by atoms with E-state index in [-0.39, 0.29) is 0 Å². The van der Waals surface area contributed by atoms with Crippen LogP contribution in [0.25, 0.3) is 97.4 Å². The van der Waals surface area contributed by atoms with E-state index < -0.39 is 0 Å². The Kier molecular flexibility index (Phi) is 8.39. The van der Waals surface area contributed by atoms with E-state index in [0.717, 1.165) is 61.3 Å². The Morgan fingerprint density at radius 3 is 1.54 bits per heavy atom. The average Bonchev–Trinajstić information content (AvgIpc) is 3.90. The predicted molar refractivity (Wildman–Crippen MR) is 261 cm³/mol. The van der Waals surface area contributed by atoms with E-state index in [9.17, 15) is 0 Å². The molecule has 2 heterocycles. The van der Waals surface area contributed by atoms with E-state index in [4.69, 9.17) is 4.42 Å². The summed E-state index contributed by atoms with van der Waals surface area (Å²) in [6.07, 6.45) is 0. The summed E-state index contributed by atoms with van der Waals surface area (Å²) in [6.45, 7) is 0. The Morgan fingerprint density at radius 1 is 0.311 bits per heavy atom. The molecular weight excluding hydrogens is 759 g/mol. The standard InChI is InChI=1S/C58H37NOS/c1-2-10-42(11-3-1)50-14-8-15-52-53-36-45(25-33-55(53)60-58(50)52)40-21-29-48(30-22-40)59(47-27-19-39(20-28-47)44-18-17-38-9-4-5-12-43(38)35-44)49-31-23-41(24-32-49)46-26-34-57-54(37-46)51-13-6-7-16-56(51)61-57/h1-37H. The molecular formula is C58H37NOS. The van der Waals surface area contributed by atoms with Crippen molar-refractivity contribution in [3.8, 4) is 44.5 Å². The van der Waals surface area contributed by atoms with E-state index in [1.54, 1.807) is 0 Å². The summed E-state index contributed by atoms with van der Waals surface area (Å²) in [5.74, 6) is 0. The molecule has 0 saturated heterocycles. The van der Waals surface area contributed by atoms with Crippen LogP contribution in [0.5, 0.6) is 0 Å². The van der Waals surface area contributed by atoms with Gasteiger partial charge in [-0.3, -0.25) is 0 Å². The second-order valence-electron chi connectivity index (χ2n) is 15.7. The monoisotopic (exact) mass is 795 g/mol. The average molecular weight is 796 g/mol. The maximum Gasteiger partial charge on any atom is 0.143 e. The zero-order valence-corrected chi connectivity index (χ0v) is 33.9. The molecule has 0 atom stereocenters. The zero-order valence-electron chi connectivity index (χ0n) is 33.1. The number of fused-ring (bicyclic) bond motifs is 7. The normalized spacial score (nSPS) is 11.6. The number of hydrogen-bond acceptors (Lipinski definition) is 3. The number of furan rings is 1. The van der Waals surface area contributed by atoms with E-state index in [0.29, 0.717) is 0 Å². The second-order valence-corrected chi connectivity index (χ2v) is 16.8. The Labute approximate surface area is 357 Å². The predicted octanol–water partition coefficient (Wildman–Crippen LogP) is 17.2. The first-order chi connectivity index (χ1) is 30.2. The molecule has 0 bridgehead atoms. The van der Waals surface area contributed by atoms with Gasteiger partial charge in [0.2, 0.25) is 0 Å². The van der Waals surface area contributed by atoms with Crippen molar-refractivity contribution in [3.63, 3.8) is 0 Å². The molecule has 3 heteroatoms. The van der Waals surface area contributed by atoms with Crippen molar-refractivity contribution in [2.24, 2.45) is 0 Å². The Hall–Kier alpha value is -7.72. The minimum atomic E-state index is 0.893. The molecule has 0 aliphatic rings. The summed E-state index contributed by atoms with van der Waals surface area (Å²) in [5, 5.41) is 7.37. The van der Waals surface area contributed by atoms with Crippen molar-refractivity contribution in [1.82, 2.24) is 0 Å². The van der Waals surface area contributed by atoms with Gasteiger partial charge in [0.1, 0.15) is 11.2 Å². The minimum absolute atomic E-state index is 0.893. The summed E-state index contributed by atoms with van der Waals surface area (Å²) < 4.78 is 9.14. The summed E-state index contributed by atoms with van der Waals surface area (Å²) in [6, 6.07) is 81.2. The summed E-state index contributed by atoms with van der Waals surface area (Å²) in [7, 11) is 0. The number of anilines is 3. The van der Waals surface area contributed by atoms with Gasteiger partial charge >= 0.3 is 0 Å². The summed E-state index contributed by atoms with van der Waals surface area (Å²) in [4.78, 5) is 2.35. The van der Waals surface area contributed by atoms with E-state index in [1.807, 2.05) is 17.4 Å². The molecule has 61 heavy (non-hydrogen) atoms. The quantitative estimate of drug-likeness (QED) is 0.160. The lowest BCUT2D eigenvalue weighted by atomic mass is 9.99. The van der Waals surface area contributed by atoms with Crippen molar-refractivity contribution in [2.45, 2.75) is 0 Å². The van der Waals surface area contributed by atoms with Crippen molar-refractivity contribution >= 4 is 81.3 Å². The number of nitrogens with zero attached hydrogens (tertiary/aromatic N) is 1. The van der Waals surface area contributed by atoms with Gasteiger partial charge in [-0.1, -0.05) is 152 Å². The fourth-order valence-electron chi connectivity index (χ4n) is 8.95. The van der Waals surface area contributed by atoms with Crippen LogP contribution in [0.3, 0.4) is 0 Å². The number of hydrogen-bond donors (Lipinski definition) is 0. The third kappa shape index (κ3) is 6.26. The van der Waals surface area contributed by atoms with Gasteiger partial charge in [-0.15, -0.1) is 11.3 Å². The molecule has 0 fully saturated rings. The first-order valence-corrected chi connectivity index (χ1v) is 21.5. The van der Waals surface area contributed by atoms with Gasteiger partial charge in [0.25, 0.3) is 0 Å². The molecule has 10 aromatic carbocycles. The third-order valence-corrected chi connectivity index (χ3v) is 13.2. The maximum atomic E-state index is 6.50. The molecule has 286 valence electrons. The lowest BCUT2D eigenvalue weighted by Gasteiger charge is -2.26. The highest BCUT2D eigenvalue weighted by Gasteiger charge is 2.17. The van der Waals surface area contributed by atoms with Gasteiger partial charge in [0, 0.05) is 53.6 Å². The number of thiophene rings is 1. The van der Waals surface area contributed by atoms with Crippen LogP contribution in [0.2, 0.25) is 0 Å². The SMILES string of the molecule is c1ccc(-c2cccc3c2oc2ccc(-c4ccc(N(c5ccc(-c6ccc7ccccc7c6)cc5)c5ccc(-c6ccc7sc8ccccc8c7c6)cc5)cc4)cc23)cc1. The summed E-state index contributed by atoms with van der Waals surface area (Å²) >= 11 is 1.86. The zero-order chi connectivity index (χ0) is 40.3. The lowest BCUT2D eigenvalue weighted by molar-refractivity contribution is 0.670. The molecule has 12 aromatic rings. The minimum Gasteiger partial charge on any atom is -0.455 e. The van der Waals surface area contributed by atoms with Gasteiger partial charge in [0.15, 0.2) is 0 Å². The van der Waals surface area contributed by atoms with Crippen molar-refractivity contribution in [3.05, 3.63) is 224 Å². The van der Waals surface area contributed by atoms with E-state index in [2.05, 4.69) is 223 Å². The molecule has 0 aliphatic carbocycles. The van der Waals surface area contributed by atoms with Crippen LogP contribution >= 0.6 is 11.3 Å². The molecule has 12 rings (SSSR count). The van der Waals surface area contributed by atoms with Crippen LogP contribution in [-0.4, -0.2) is 0 Å². The molecule has 0 amide bonds. The number of rotatable bonds is 7. The Balaban J connectivity index is 0.911. The topological polar surface area (TPSA) is 16.4 Å². The Bertz CT molecular complexity index is 3560. The molecule has 0 unspecified atom stereocenters. The van der Waals surface area contributed by atoms with Crippen molar-refractivity contribution < 1.29 is 4.42 Å². The van der Waals surface area contributed by atoms with Gasteiger partial charge in [0.05, 0.1) is 0 Å². The smallest absolute Gasteiger partial charge is 0.143 e. The molecule has 0 aliphatic heterocycles. The number of para-hydroxylation sites is 1. The highest BCUT2D eigenvalue weighted by atomic mass is 32.1. The second kappa shape index (κ2) is 14.5. The van der Waals surface area contributed by atoms with Crippen molar-refractivity contribution in [1.29, 1.82) is 0 Å². The highest BCUT2D eigenvalue weighted by molar-refractivity contribution is 7.25. The lowest BCUT2D eigenvalue weighted by Crippen LogP contribution is -2.09. The fourth-order valence-corrected chi connectivity index (χ4v) is 10.0. The largest absolute Gasteiger partial charge is 0.455 e. The van der Waals surface area contributed by atoms with Crippen LogP contribution in [0.15, 0.2) is 229 Å². The summed E-state index contributed by atoms with van der Waals surface area (Å²) in [5.41, 5.74) is 14.5. The molecule has 2 aromatic heterocycles. The van der Waals surface area contributed by atoms with Gasteiger partial charge < -0.3 is 9.32 Å². The van der Waals surface area contributed by atoms with E-state index in [1.165, 1.54) is 53.2 Å². The fraction of sp³-hybridized carbons (Fsp3) is 0. The number of benzene rings is 10. The molecule has 2 nitrogen and oxygen atoms in total. The highest BCUT2D eigenvalue weighted by Crippen LogP contribution is 2.41.